The standard InChI is InChI=1S/C16H14F5NO2S/c17-15(18)5-10-11(24-7-9-3-8(4-9)6-22)1-2-12(13(10)14(15)23)25-16(19,20)21/h1-2,8-9,14,23H,3-5,7H2/t8?,9?,14-/m0/s1. The molecule has 3 nitrogen and oxygen atoms in total. The molecule has 0 unspecified atom stereocenters. The average molecular weight is 379 g/mol. The molecule has 1 N–H and O–H groups in total. The summed E-state index contributed by atoms with van der Waals surface area (Å²) in [5.41, 5.74) is -5.14. The summed E-state index contributed by atoms with van der Waals surface area (Å²) >= 11 is -0.522. The van der Waals surface area contributed by atoms with E-state index in [1.165, 1.54) is 6.07 Å². The Morgan fingerprint density at radius 1 is 1.32 bits per heavy atom. The molecule has 3 rings (SSSR count). The number of hydrogen-bond donors (Lipinski definition) is 1. The Bertz CT molecular complexity index is 710. The number of alkyl halides is 5. The molecular weight excluding hydrogens is 365 g/mol. The van der Waals surface area contributed by atoms with Crippen molar-refractivity contribution in [3.8, 4) is 11.8 Å². The largest absolute Gasteiger partial charge is 0.493 e. The number of rotatable bonds is 4. The van der Waals surface area contributed by atoms with E-state index in [0.29, 0.717) is 12.8 Å². The number of ether oxygens (including phenoxy) is 1. The average Bonchev–Trinajstić information content (AvgIpc) is 2.69. The minimum absolute atomic E-state index is 0.0315. The van der Waals surface area contributed by atoms with Gasteiger partial charge in [0.1, 0.15) is 11.9 Å². The number of nitrogens with zero attached hydrogens (tertiary/aromatic N) is 1. The van der Waals surface area contributed by atoms with Crippen LogP contribution in [0.1, 0.15) is 30.1 Å². The minimum atomic E-state index is -4.65. The number of aliphatic hydroxyl groups excluding tert-OH is 1. The molecule has 25 heavy (non-hydrogen) atoms. The van der Waals surface area contributed by atoms with Gasteiger partial charge in [0.15, 0.2) is 0 Å². The molecule has 2 aliphatic carbocycles. The summed E-state index contributed by atoms with van der Waals surface area (Å²) in [5, 5.41) is 18.5. The van der Waals surface area contributed by atoms with E-state index in [-0.39, 0.29) is 29.8 Å². The summed E-state index contributed by atoms with van der Waals surface area (Å²) in [5.74, 6) is -3.38. The zero-order chi connectivity index (χ0) is 18.4. The van der Waals surface area contributed by atoms with Crippen molar-refractivity contribution in [2.75, 3.05) is 6.61 Å². The molecule has 9 heteroatoms. The highest BCUT2D eigenvalue weighted by Crippen LogP contribution is 2.52. The molecule has 0 saturated heterocycles. The fourth-order valence-corrected chi connectivity index (χ4v) is 3.91. The topological polar surface area (TPSA) is 53.2 Å². The Balaban J connectivity index is 1.83. The molecule has 2 aliphatic rings. The van der Waals surface area contributed by atoms with Crippen molar-refractivity contribution in [1.29, 1.82) is 5.26 Å². The summed E-state index contributed by atoms with van der Waals surface area (Å²) in [6, 6.07) is 4.41. The molecule has 136 valence electrons. The highest BCUT2D eigenvalue weighted by Gasteiger charge is 2.50. The summed E-state index contributed by atoms with van der Waals surface area (Å²) in [6.45, 7) is 0.206. The first-order chi connectivity index (χ1) is 11.6. The van der Waals surface area contributed by atoms with Gasteiger partial charge in [-0.25, -0.2) is 8.78 Å². The smallest absolute Gasteiger partial charge is 0.446 e. The van der Waals surface area contributed by atoms with E-state index in [1.54, 1.807) is 0 Å². The fraction of sp³-hybridized carbons (Fsp3) is 0.562. The van der Waals surface area contributed by atoms with Gasteiger partial charge in [0.05, 0.1) is 12.7 Å². The second-order valence-corrected chi connectivity index (χ2v) is 7.42. The molecule has 0 amide bonds. The zero-order valence-electron chi connectivity index (χ0n) is 12.8. The van der Waals surface area contributed by atoms with E-state index in [0.717, 1.165) is 6.07 Å². The third kappa shape index (κ3) is 3.70. The maximum absolute atomic E-state index is 13.9. The first kappa shape index (κ1) is 18.3. The van der Waals surface area contributed by atoms with Gasteiger partial charge in [-0.3, -0.25) is 0 Å². The molecule has 1 fully saturated rings. The number of fused-ring (bicyclic) bond motifs is 1. The third-order valence-electron chi connectivity index (χ3n) is 4.48. The fourth-order valence-electron chi connectivity index (χ4n) is 3.18. The highest BCUT2D eigenvalue weighted by atomic mass is 32.2. The lowest BCUT2D eigenvalue weighted by atomic mass is 9.76. The Morgan fingerprint density at radius 2 is 2.00 bits per heavy atom. The van der Waals surface area contributed by atoms with Crippen LogP contribution in [0.25, 0.3) is 0 Å². The normalized spacial score (nSPS) is 27.3. The molecule has 1 saturated carbocycles. The zero-order valence-corrected chi connectivity index (χ0v) is 13.6. The third-order valence-corrected chi connectivity index (χ3v) is 5.29. The van der Waals surface area contributed by atoms with Gasteiger partial charge < -0.3 is 9.84 Å². The van der Waals surface area contributed by atoms with Crippen LogP contribution in [-0.4, -0.2) is 23.1 Å². The van der Waals surface area contributed by atoms with Crippen LogP contribution in [0.5, 0.6) is 5.75 Å². The van der Waals surface area contributed by atoms with E-state index < -0.39 is 46.2 Å². The first-order valence-electron chi connectivity index (χ1n) is 7.60. The number of benzene rings is 1. The van der Waals surface area contributed by atoms with Gasteiger partial charge in [-0.2, -0.15) is 18.4 Å². The van der Waals surface area contributed by atoms with E-state index >= 15 is 0 Å². The van der Waals surface area contributed by atoms with Crippen LogP contribution in [0.2, 0.25) is 0 Å². The molecule has 0 heterocycles. The number of thioether (sulfide) groups is 1. The van der Waals surface area contributed by atoms with Crippen molar-refractivity contribution >= 4 is 11.8 Å². The molecule has 0 aromatic heterocycles. The van der Waals surface area contributed by atoms with Crippen LogP contribution in [-0.2, 0) is 6.42 Å². The van der Waals surface area contributed by atoms with Crippen LogP contribution in [0.4, 0.5) is 22.0 Å². The molecule has 0 radical (unpaired) electrons. The van der Waals surface area contributed by atoms with Crippen molar-refractivity contribution in [1.82, 2.24) is 0 Å². The summed E-state index contributed by atoms with van der Waals surface area (Å²) in [7, 11) is 0. The SMILES string of the molecule is N#CC1CC(COc2ccc(SC(F)(F)F)c3c2CC(F)(F)[C@H]3O)C1. The van der Waals surface area contributed by atoms with Crippen LogP contribution in [0.15, 0.2) is 17.0 Å². The van der Waals surface area contributed by atoms with Crippen molar-refractivity contribution < 1.29 is 31.8 Å². The maximum Gasteiger partial charge on any atom is 0.446 e. The van der Waals surface area contributed by atoms with Crippen molar-refractivity contribution in [3.63, 3.8) is 0 Å². The van der Waals surface area contributed by atoms with Gasteiger partial charge in [0.25, 0.3) is 5.92 Å². The van der Waals surface area contributed by atoms with Crippen molar-refractivity contribution in [3.05, 3.63) is 23.3 Å². The van der Waals surface area contributed by atoms with Crippen LogP contribution in [0, 0.1) is 23.2 Å². The second-order valence-electron chi connectivity index (χ2n) is 6.32. The Labute approximate surface area is 144 Å². The number of nitriles is 1. The maximum atomic E-state index is 13.9. The van der Waals surface area contributed by atoms with E-state index in [4.69, 9.17) is 10.00 Å². The predicted molar refractivity (Wildman–Crippen MR) is 79.3 cm³/mol. The molecular formula is C16H14F5NO2S. The second kappa shape index (κ2) is 6.32. The molecule has 1 atom stereocenters. The number of aliphatic hydroxyl groups is 1. The Morgan fingerprint density at radius 3 is 2.60 bits per heavy atom. The van der Waals surface area contributed by atoms with Gasteiger partial charge in [-0.05, 0) is 42.7 Å². The molecule has 1 aromatic carbocycles. The Hall–Kier alpha value is -1.53. The lowest BCUT2D eigenvalue weighted by Crippen LogP contribution is -2.27. The number of hydrogen-bond acceptors (Lipinski definition) is 4. The van der Waals surface area contributed by atoms with Crippen LogP contribution >= 0.6 is 11.8 Å². The predicted octanol–water partition coefficient (Wildman–Crippen LogP) is 4.45. The van der Waals surface area contributed by atoms with Crippen LogP contribution < -0.4 is 4.74 Å². The lowest BCUT2D eigenvalue weighted by molar-refractivity contribution is -0.0977. The van der Waals surface area contributed by atoms with Gasteiger partial charge in [-0.15, -0.1) is 0 Å². The number of halogens is 5. The van der Waals surface area contributed by atoms with E-state index in [9.17, 15) is 27.1 Å². The lowest BCUT2D eigenvalue weighted by Gasteiger charge is -2.30. The monoisotopic (exact) mass is 379 g/mol. The van der Waals surface area contributed by atoms with E-state index in [1.807, 2.05) is 0 Å². The van der Waals surface area contributed by atoms with Gasteiger partial charge in [-0.1, -0.05) is 0 Å². The van der Waals surface area contributed by atoms with E-state index in [2.05, 4.69) is 6.07 Å². The first-order valence-corrected chi connectivity index (χ1v) is 8.42. The quantitative estimate of drug-likeness (QED) is 0.620. The van der Waals surface area contributed by atoms with Crippen molar-refractivity contribution in [2.24, 2.45) is 11.8 Å². The molecule has 0 aliphatic heterocycles. The Kier molecular flexibility index (Phi) is 4.62. The molecule has 0 spiro atoms. The van der Waals surface area contributed by atoms with Gasteiger partial charge in [0.2, 0.25) is 0 Å². The summed E-state index contributed by atoms with van der Waals surface area (Å²) < 4.78 is 71.2. The molecule has 1 aromatic rings. The summed E-state index contributed by atoms with van der Waals surface area (Å²) in [4.78, 5) is -0.437. The van der Waals surface area contributed by atoms with Crippen LogP contribution in [0.3, 0.4) is 0 Å². The highest BCUT2D eigenvalue weighted by molar-refractivity contribution is 8.00. The minimum Gasteiger partial charge on any atom is -0.493 e. The molecule has 0 bridgehead atoms. The van der Waals surface area contributed by atoms with Gasteiger partial charge in [0, 0.05) is 28.4 Å². The van der Waals surface area contributed by atoms with Gasteiger partial charge >= 0.3 is 5.51 Å². The summed E-state index contributed by atoms with van der Waals surface area (Å²) in [6.07, 6.45) is -1.85. The van der Waals surface area contributed by atoms with Crippen molar-refractivity contribution in [2.45, 2.75) is 41.7 Å².